The zero-order chi connectivity index (χ0) is 22.4. The van der Waals surface area contributed by atoms with Gasteiger partial charge >= 0.3 is 0 Å². The Kier molecular flexibility index (Phi) is 5.70. The van der Waals surface area contributed by atoms with E-state index >= 15 is 0 Å². The van der Waals surface area contributed by atoms with Gasteiger partial charge in [-0.3, -0.25) is 9.36 Å². The van der Waals surface area contributed by atoms with E-state index in [-0.39, 0.29) is 17.8 Å². The van der Waals surface area contributed by atoms with Gasteiger partial charge in [0.25, 0.3) is 5.56 Å². The molecule has 1 aliphatic rings. The van der Waals surface area contributed by atoms with Crippen molar-refractivity contribution >= 4 is 33.7 Å². The third-order valence-electron chi connectivity index (χ3n) is 6.41. The molecule has 0 amide bonds. The van der Waals surface area contributed by atoms with Crippen molar-refractivity contribution in [3.8, 4) is 16.1 Å². The smallest absolute Gasteiger partial charge is 0.262 e. The maximum atomic E-state index is 13.5. The van der Waals surface area contributed by atoms with E-state index in [0.29, 0.717) is 5.92 Å². The first-order chi connectivity index (χ1) is 15.4. The van der Waals surface area contributed by atoms with Crippen molar-refractivity contribution < 1.29 is 4.74 Å². The van der Waals surface area contributed by atoms with Gasteiger partial charge in [0.15, 0.2) is 0 Å². The van der Waals surface area contributed by atoms with Gasteiger partial charge in [0.05, 0.1) is 16.5 Å². The number of rotatable bonds is 3. The minimum Gasteiger partial charge on any atom is -0.376 e. The van der Waals surface area contributed by atoms with Crippen molar-refractivity contribution in [1.82, 2.24) is 4.57 Å². The van der Waals surface area contributed by atoms with Crippen molar-refractivity contribution in [3.63, 3.8) is 0 Å². The minimum atomic E-state index is -0.00355. The lowest BCUT2D eigenvalue weighted by atomic mass is 9.86. The van der Waals surface area contributed by atoms with Crippen LogP contribution in [0, 0.1) is 6.92 Å². The molecule has 2 aromatic heterocycles. The maximum Gasteiger partial charge on any atom is 0.262 e. The predicted molar refractivity (Wildman–Crippen MR) is 135 cm³/mol. The Labute approximate surface area is 197 Å². The Hall–Kier alpha value is -2.40. The van der Waals surface area contributed by atoms with E-state index in [1.807, 2.05) is 30.5 Å². The van der Waals surface area contributed by atoms with Crippen LogP contribution in [0.3, 0.4) is 0 Å². The van der Waals surface area contributed by atoms with Crippen LogP contribution in [0.25, 0.3) is 26.9 Å². The maximum absolute atomic E-state index is 13.5. The molecule has 0 N–H and O–H groups in total. The third kappa shape index (κ3) is 3.92. The summed E-state index contributed by atoms with van der Waals surface area (Å²) in [6, 6.07) is 18.3. The number of aryl methyl sites for hydroxylation is 1. The molecule has 1 aliphatic heterocycles. The van der Waals surface area contributed by atoms with Crippen LogP contribution >= 0.6 is 22.9 Å². The number of pyridine rings is 1. The Morgan fingerprint density at radius 2 is 1.72 bits per heavy atom. The van der Waals surface area contributed by atoms with E-state index in [1.165, 1.54) is 16.9 Å². The standard InChI is InChI=1S/C27H26ClNO2S/c1-16-15-29(21-9-7-19(8-10-21)20-13-17(2)31-18(3)14-20)27(30)23-6-4-5-22(26(16)23)24-11-12-25(28)32-24/h4-12,15,17-18,20H,13-14H2,1-3H3/t17-,18+,20?. The number of aromatic nitrogens is 1. The fourth-order valence-electron chi connectivity index (χ4n) is 5.04. The molecule has 3 heterocycles. The summed E-state index contributed by atoms with van der Waals surface area (Å²) in [6.45, 7) is 6.36. The highest BCUT2D eigenvalue weighted by molar-refractivity contribution is 7.19. The molecular weight excluding hydrogens is 438 g/mol. The topological polar surface area (TPSA) is 31.2 Å². The van der Waals surface area contributed by atoms with E-state index < -0.39 is 0 Å². The summed E-state index contributed by atoms with van der Waals surface area (Å²) in [6.07, 6.45) is 4.59. The highest BCUT2D eigenvalue weighted by Crippen LogP contribution is 2.36. The first-order valence-corrected chi connectivity index (χ1v) is 12.3. The molecule has 5 heteroatoms. The SMILES string of the molecule is Cc1cn(-c2ccc(C3C[C@@H](C)O[C@@H](C)C3)cc2)c(=O)c2cccc(-c3ccc(Cl)s3)c12. The van der Waals surface area contributed by atoms with Crippen LogP contribution in [-0.4, -0.2) is 16.8 Å². The molecule has 32 heavy (non-hydrogen) atoms. The molecule has 1 fully saturated rings. The minimum absolute atomic E-state index is 0.00355. The summed E-state index contributed by atoms with van der Waals surface area (Å²) < 4.78 is 8.40. The molecule has 0 radical (unpaired) electrons. The molecule has 2 aromatic carbocycles. The molecule has 4 aromatic rings. The van der Waals surface area contributed by atoms with Crippen LogP contribution in [0.5, 0.6) is 0 Å². The monoisotopic (exact) mass is 463 g/mol. The first-order valence-electron chi connectivity index (χ1n) is 11.1. The Morgan fingerprint density at radius 1 is 1.00 bits per heavy atom. The molecule has 0 saturated carbocycles. The van der Waals surface area contributed by atoms with E-state index in [1.54, 1.807) is 4.57 Å². The molecule has 3 nitrogen and oxygen atoms in total. The first kappa shape index (κ1) is 21.4. The lowest BCUT2D eigenvalue weighted by Gasteiger charge is -2.32. The van der Waals surface area contributed by atoms with Gasteiger partial charge in [-0.25, -0.2) is 0 Å². The second-order valence-corrected chi connectivity index (χ2v) is 10.6. The van der Waals surface area contributed by atoms with Gasteiger partial charge in [0.2, 0.25) is 0 Å². The average molecular weight is 464 g/mol. The molecule has 164 valence electrons. The van der Waals surface area contributed by atoms with Gasteiger partial charge < -0.3 is 4.74 Å². The number of nitrogens with zero attached hydrogens (tertiary/aromatic N) is 1. The van der Waals surface area contributed by atoms with Crippen LogP contribution in [0.1, 0.15) is 43.7 Å². The zero-order valence-corrected chi connectivity index (χ0v) is 20.0. The van der Waals surface area contributed by atoms with Crippen molar-refractivity contribution in [1.29, 1.82) is 0 Å². The van der Waals surface area contributed by atoms with E-state index in [4.69, 9.17) is 16.3 Å². The van der Waals surface area contributed by atoms with Crippen molar-refractivity contribution in [2.24, 2.45) is 0 Å². The van der Waals surface area contributed by atoms with Crippen LogP contribution in [0.2, 0.25) is 4.34 Å². The summed E-state index contributed by atoms with van der Waals surface area (Å²) in [7, 11) is 0. The van der Waals surface area contributed by atoms with Crippen LogP contribution in [0.15, 0.2) is 65.6 Å². The number of hydrogen-bond acceptors (Lipinski definition) is 3. The highest BCUT2D eigenvalue weighted by atomic mass is 35.5. The lowest BCUT2D eigenvalue weighted by Crippen LogP contribution is -2.28. The van der Waals surface area contributed by atoms with Gasteiger partial charge in [0, 0.05) is 33.1 Å². The number of halogens is 1. The van der Waals surface area contributed by atoms with Gasteiger partial charge in [-0.05, 0) is 81.0 Å². The van der Waals surface area contributed by atoms with E-state index in [0.717, 1.165) is 49.6 Å². The fraction of sp³-hybridized carbons (Fsp3) is 0.296. The van der Waals surface area contributed by atoms with E-state index in [2.05, 4.69) is 51.1 Å². The van der Waals surface area contributed by atoms with Crippen LogP contribution in [-0.2, 0) is 4.74 Å². The Morgan fingerprint density at radius 3 is 2.38 bits per heavy atom. The predicted octanol–water partition coefficient (Wildman–Crippen LogP) is 7.35. The molecule has 1 unspecified atom stereocenters. The van der Waals surface area contributed by atoms with E-state index in [9.17, 15) is 4.79 Å². The summed E-state index contributed by atoms with van der Waals surface area (Å²) in [4.78, 5) is 14.5. The zero-order valence-electron chi connectivity index (χ0n) is 18.5. The highest BCUT2D eigenvalue weighted by Gasteiger charge is 2.25. The van der Waals surface area contributed by atoms with Crippen LogP contribution < -0.4 is 5.56 Å². The van der Waals surface area contributed by atoms with Gasteiger partial charge in [0.1, 0.15) is 0 Å². The van der Waals surface area contributed by atoms with Gasteiger partial charge in [-0.15, -0.1) is 11.3 Å². The number of ether oxygens (including phenoxy) is 1. The third-order valence-corrected chi connectivity index (χ3v) is 7.67. The van der Waals surface area contributed by atoms with Gasteiger partial charge in [-0.1, -0.05) is 35.9 Å². The van der Waals surface area contributed by atoms with Gasteiger partial charge in [-0.2, -0.15) is 0 Å². The summed E-state index contributed by atoms with van der Waals surface area (Å²) >= 11 is 7.70. The van der Waals surface area contributed by atoms with Crippen molar-refractivity contribution in [3.05, 3.63) is 86.6 Å². The quantitative estimate of drug-likeness (QED) is 0.318. The molecule has 0 spiro atoms. The summed E-state index contributed by atoms with van der Waals surface area (Å²) in [5.41, 5.74) is 4.32. The molecule has 5 rings (SSSR count). The molecule has 0 aliphatic carbocycles. The molecule has 1 saturated heterocycles. The lowest BCUT2D eigenvalue weighted by molar-refractivity contribution is -0.0380. The van der Waals surface area contributed by atoms with Crippen molar-refractivity contribution in [2.45, 2.75) is 51.7 Å². The summed E-state index contributed by atoms with van der Waals surface area (Å²) in [5, 5.41) is 1.72. The molecule has 3 atom stereocenters. The number of thiophene rings is 1. The summed E-state index contributed by atoms with van der Waals surface area (Å²) in [5.74, 6) is 0.498. The number of benzene rings is 2. The largest absolute Gasteiger partial charge is 0.376 e. The number of hydrogen-bond donors (Lipinski definition) is 0. The Balaban J connectivity index is 1.55. The second kappa shape index (κ2) is 8.51. The number of fused-ring (bicyclic) bond motifs is 1. The molecular formula is C27H26ClNO2S. The van der Waals surface area contributed by atoms with Crippen molar-refractivity contribution in [2.75, 3.05) is 0 Å². The van der Waals surface area contributed by atoms with Crippen LogP contribution in [0.4, 0.5) is 0 Å². The Bertz CT molecular complexity index is 1330. The second-order valence-electron chi connectivity index (χ2n) is 8.84. The normalized spacial score (nSPS) is 21.2. The fourth-order valence-corrected chi connectivity index (χ4v) is 6.12. The average Bonchev–Trinajstić information content (AvgIpc) is 3.21. The molecule has 0 bridgehead atoms.